The molecule has 4 heteroatoms. The number of carbonyl (C=O) groups excluding carboxylic acids is 1. The van der Waals surface area contributed by atoms with Crippen LogP contribution in [0, 0.1) is 0 Å². The molecule has 2 saturated heterocycles. The van der Waals surface area contributed by atoms with Gasteiger partial charge in [0.2, 0.25) is 5.91 Å². The average molecular weight is 293 g/mol. The van der Waals surface area contributed by atoms with E-state index in [0.717, 1.165) is 6.04 Å². The zero-order valence-electron chi connectivity index (χ0n) is 13.3. The lowest BCUT2D eigenvalue weighted by molar-refractivity contribution is -0.121. The second-order valence-corrected chi connectivity index (χ2v) is 7.19. The third-order valence-corrected chi connectivity index (χ3v) is 5.59. The lowest BCUT2D eigenvalue weighted by Crippen LogP contribution is -2.49. The van der Waals surface area contributed by atoms with Crippen LogP contribution in [0.4, 0.5) is 0 Å². The molecule has 3 rings (SSSR count). The van der Waals surface area contributed by atoms with Gasteiger partial charge in [-0.15, -0.1) is 0 Å². The predicted molar refractivity (Wildman–Crippen MR) is 85.3 cm³/mol. The molecule has 3 aliphatic rings. The zero-order valence-corrected chi connectivity index (χ0v) is 13.3. The fourth-order valence-corrected chi connectivity index (χ4v) is 4.35. The smallest absolute Gasteiger partial charge is 0.234 e. The summed E-state index contributed by atoms with van der Waals surface area (Å²) < 4.78 is 0. The Kier molecular flexibility index (Phi) is 5.53. The van der Waals surface area contributed by atoms with Crippen molar-refractivity contribution in [3.05, 3.63) is 0 Å². The summed E-state index contributed by atoms with van der Waals surface area (Å²) in [7, 11) is 0. The lowest BCUT2D eigenvalue weighted by atomic mass is 9.97. The number of nitrogens with zero attached hydrogens (tertiary/aromatic N) is 1. The van der Waals surface area contributed by atoms with Gasteiger partial charge < -0.3 is 15.5 Å². The molecule has 0 radical (unpaired) electrons. The molecule has 2 N–H and O–H groups in total. The van der Waals surface area contributed by atoms with Crippen molar-refractivity contribution in [2.45, 2.75) is 82.3 Å². The van der Waals surface area contributed by atoms with E-state index in [1.165, 1.54) is 77.3 Å². The minimum atomic E-state index is 0.204. The van der Waals surface area contributed by atoms with E-state index < -0.39 is 0 Å². The fraction of sp³-hybridized carbons (Fsp3) is 0.941. The molecule has 120 valence electrons. The Labute approximate surface area is 129 Å². The van der Waals surface area contributed by atoms with Crippen LogP contribution in [0.1, 0.15) is 64.2 Å². The summed E-state index contributed by atoms with van der Waals surface area (Å²) in [5.41, 5.74) is 0. The van der Waals surface area contributed by atoms with Crippen LogP contribution in [0.5, 0.6) is 0 Å². The first-order chi connectivity index (χ1) is 10.3. The lowest BCUT2D eigenvalue weighted by Gasteiger charge is -2.35. The summed E-state index contributed by atoms with van der Waals surface area (Å²) in [6.07, 6.45) is 12.7. The number of piperidine rings is 1. The van der Waals surface area contributed by atoms with E-state index in [0.29, 0.717) is 18.6 Å². The van der Waals surface area contributed by atoms with E-state index in [1.807, 2.05) is 0 Å². The van der Waals surface area contributed by atoms with Gasteiger partial charge in [-0.2, -0.15) is 0 Å². The molecule has 1 amide bonds. The topological polar surface area (TPSA) is 44.4 Å². The van der Waals surface area contributed by atoms with Gasteiger partial charge in [-0.05, 0) is 51.6 Å². The first-order valence-corrected chi connectivity index (χ1v) is 9.08. The van der Waals surface area contributed by atoms with Gasteiger partial charge in [0.15, 0.2) is 0 Å². The SMILES string of the molecule is O=C(CNC1CCN2CCCC2C1)NC1CCCCCC1. The molecule has 1 aliphatic carbocycles. The number of nitrogens with one attached hydrogen (secondary N) is 2. The van der Waals surface area contributed by atoms with Crippen LogP contribution in [-0.2, 0) is 4.79 Å². The van der Waals surface area contributed by atoms with E-state index in [2.05, 4.69) is 15.5 Å². The predicted octanol–water partition coefficient (Wildman–Crippen LogP) is 2.04. The summed E-state index contributed by atoms with van der Waals surface area (Å²) in [4.78, 5) is 14.7. The maximum absolute atomic E-state index is 12.1. The summed E-state index contributed by atoms with van der Waals surface area (Å²) >= 11 is 0. The Hall–Kier alpha value is -0.610. The van der Waals surface area contributed by atoms with Gasteiger partial charge in [-0.1, -0.05) is 25.7 Å². The summed E-state index contributed by atoms with van der Waals surface area (Å²) in [5, 5.41) is 6.73. The van der Waals surface area contributed by atoms with Crippen molar-refractivity contribution < 1.29 is 4.79 Å². The van der Waals surface area contributed by atoms with Gasteiger partial charge >= 0.3 is 0 Å². The third-order valence-electron chi connectivity index (χ3n) is 5.59. The highest BCUT2D eigenvalue weighted by atomic mass is 16.2. The number of rotatable bonds is 4. The first kappa shape index (κ1) is 15.3. The van der Waals surface area contributed by atoms with E-state index in [4.69, 9.17) is 0 Å². The van der Waals surface area contributed by atoms with Gasteiger partial charge in [-0.3, -0.25) is 4.79 Å². The molecule has 4 nitrogen and oxygen atoms in total. The van der Waals surface area contributed by atoms with E-state index in [1.54, 1.807) is 0 Å². The van der Waals surface area contributed by atoms with E-state index >= 15 is 0 Å². The van der Waals surface area contributed by atoms with E-state index in [-0.39, 0.29) is 5.91 Å². The molecule has 1 saturated carbocycles. The monoisotopic (exact) mass is 293 g/mol. The van der Waals surface area contributed by atoms with Gasteiger partial charge in [0.1, 0.15) is 0 Å². The molecule has 3 fully saturated rings. The second-order valence-electron chi connectivity index (χ2n) is 7.19. The third kappa shape index (κ3) is 4.43. The van der Waals surface area contributed by atoms with Gasteiger partial charge in [0, 0.05) is 18.1 Å². The molecular formula is C17H31N3O. The number of carbonyl (C=O) groups is 1. The van der Waals surface area contributed by atoms with Crippen LogP contribution in [-0.4, -0.2) is 48.6 Å². The Morgan fingerprint density at radius 3 is 2.52 bits per heavy atom. The molecule has 0 aromatic carbocycles. The van der Waals surface area contributed by atoms with Crippen LogP contribution in [0.3, 0.4) is 0 Å². The molecule has 2 aliphatic heterocycles. The van der Waals surface area contributed by atoms with Crippen molar-refractivity contribution in [1.82, 2.24) is 15.5 Å². The molecule has 2 heterocycles. The maximum Gasteiger partial charge on any atom is 0.234 e. The fourth-order valence-electron chi connectivity index (χ4n) is 4.35. The highest BCUT2D eigenvalue weighted by Crippen LogP contribution is 2.26. The molecule has 21 heavy (non-hydrogen) atoms. The van der Waals surface area contributed by atoms with E-state index in [9.17, 15) is 4.79 Å². The van der Waals surface area contributed by atoms with Crippen LogP contribution < -0.4 is 10.6 Å². The first-order valence-electron chi connectivity index (χ1n) is 9.08. The van der Waals surface area contributed by atoms with Crippen LogP contribution in [0.15, 0.2) is 0 Å². The molecule has 0 spiro atoms. The molecule has 0 aromatic heterocycles. The summed E-state index contributed by atoms with van der Waals surface area (Å²) in [6.45, 7) is 3.01. The van der Waals surface area contributed by atoms with Crippen LogP contribution in [0.2, 0.25) is 0 Å². The second kappa shape index (κ2) is 7.59. The Balaban J connectivity index is 1.35. The van der Waals surface area contributed by atoms with Gasteiger partial charge in [0.25, 0.3) is 0 Å². The number of amides is 1. The molecular weight excluding hydrogens is 262 g/mol. The molecule has 2 atom stereocenters. The number of hydrogen-bond acceptors (Lipinski definition) is 3. The van der Waals surface area contributed by atoms with Crippen molar-refractivity contribution in [3.8, 4) is 0 Å². The normalized spacial score (nSPS) is 31.6. The zero-order chi connectivity index (χ0) is 14.5. The quantitative estimate of drug-likeness (QED) is 0.780. The van der Waals surface area contributed by atoms with Crippen molar-refractivity contribution >= 4 is 5.91 Å². The molecule has 0 aromatic rings. The van der Waals surface area contributed by atoms with Crippen LogP contribution >= 0.6 is 0 Å². The molecule has 2 unspecified atom stereocenters. The highest BCUT2D eigenvalue weighted by Gasteiger charge is 2.31. The van der Waals surface area contributed by atoms with Crippen LogP contribution in [0.25, 0.3) is 0 Å². The molecule has 0 bridgehead atoms. The highest BCUT2D eigenvalue weighted by molar-refractivity contribution is 5.78. The minimum Gasteiger partial charge on any atom is -0.352 e. The Morgan fingerprint density at radius 2 is 1.71 bits per heavy atom. The Bertz CT molecular complexity index is 339. The number of hydrogen-bond donors (Lipinski definition) is 2. The number of fused-ring (bicyclic) bond motifs is 1. The summed E-state index contributed by atoms with van der Waals surface area (Å²) in [6, 6.07) is 1.75. The standard InChI is InChI=1S/C17H31N3O/c21-17(19-14-6-3-1-2-4-7-14)13-18-15-9-11-20-10-5-8-16(20)12-15/h14-16,18H,1-13H2,(H,19,21). The van der Waals surface area contributed by atoms with Crippen molar-refractivity contribution in [2.75, 3.05) is 19.6 Å². The maximum atomic E-state index is 12.1. The Morgan fingerprint density at radius 1 is 0.905 bits per heavy atom. The average Bonchev–Trinajstić information content (AvgIpc) is 2.81. The van der Waals surface area contributed by atoms with Crippen molar-refractivity contribution in [3.63, 3.8) is 0 Å². The minimum absolute atomic E-state index is 0.204. The van der Waals surface area contributed by atoms with Gasteiger partial charge in [-0.25, -0.2) is 0 Å². The van der Waals surface area contributed by atoms with Crippen molar-refractivity contribution in [1.29, 1.82) is 0 Å². The summed E-state index contributed by atoms with van der Waals surface area (Å²) in [5.74, 6) is 0.204. The largest absolute Gasteiger partial charge is 0.352 e. The van der Waals surface area contributed by atoms with Crippen molar-refractivity contribution in [2.24, 2.45) is 0 Å². The van der Waals surface area contributed by atoms with Gasteiger partial charge in [0.05, 0.1) is 6.54 Å².